The molecule has 0 amide bonds. The fourth-order valence-electron chi connectivity index (χ4n) is 2.64. The molecule has 0 radical (unpaired) electrons. The van der Waals surface area contributed by atoms with Crippen molar-refractivity contribution in [2.45, 2.75) is 6.04 Å². The Morgan fingerprint density at radius 1 is 0.957 bits per heavy atom. The predicted molar refractivity (Wildman–Crippen MR) is 96.3 cm³/mol. The van der Waals surface area contributed by atoms with Gasteiger partial charge in [0.05, 0.1) is 0 Å². The summed E-state index contributed by atoms with van der Waals surface area (Å²) in [6.45, 7) is -0.172. The van der Waals surface area contributed by atoms with Crippen molar-refractivity contribution in [2.24, 2.45) is 0 Å². The largest absolute Gasteiger partial charge is 0.372 e. The Kier molecular flexibility index (Phi) is 4.57. The minimum Gasteiger partial charge on any atom is -0.372 e. The fourth-order valence-corrected chi connectivity index (χ4v) is 3.12. The first-order chi connectivity index (χ1) is 11.1. The van der Waals surface area contributed by atoms with E-state index >= 15 is 0 Å². The Morgan fingerprint density at radius 3 is 2.30 bits per heavy atom. The summed E-state index contributed by atoms with van der Waals surface area (Å²) in [6, 6.07) is 21.0. The third kappa shape index (κ3) is 3.51. The molecule has 0 spiro atoms. The number of anilines is 1. The molecule has 0 fully saturated rings. The topological polar surface area (TPSA) is 55.2 Å². The smallest absolute Gasteiger partial charge is 0.227 e. The fraction of sp³-hybridized carbons (Fsp3) is 0.111. The van der Waals surface area contributed by atoms with E-state index in [0.717, 1.165) is 26.5 Å². The number of nitro groups is 1. The Bertz CT molecular complexity index is 837. The van der Waals surface area contributed by atoms with Crippen molar-refractivity contribution in [2.75, 3.05) is 11.9 Å². The molecule has 0 aromatic heterocycles. The lowest BCUT2D eigenvalue weighted by Crippen LogP contribution is -2.20. The second kappa shape index (κ2) is 6.79. The van der Waals surface area contributed by atoms with Crippen molar-refractivity contribution in [3.8, 4) is 0 Å². The normalized spacial score (nSPS) is 12.0. The maximum atomic E-state index is 11.0. The highest BCUT2D eigenvalue weighted by molar-refractivity contribution is 9.10. The molecule has 0 heterocycles. The highest BCUT2D eigenvalue weighted by atomic mass is 79.9. The Labute approximate surface area is 142 Å². The number of hydrogen-bond donors (Lipinski definition) is 1. The van der Waals surface area contributed by atoms with Crippen LogP contribution in [0.3, 0.4) is 0 Å². The number of halogens is 1. The molecule has 0 bridgehead atoms. The van der Waals surface area contributed by atoms with E-state index in [0.29, 0.717) is 0 Å². The van der Waals surface area contributed by atoms with E-state index in [1.54, 1.807) is 0 Å². The summed E-state index contributed by atoms with van der Waals surface area (Å²) in [5, 5.41) is 16.5. The molecule has 23 heavy (non-hydrogen) atoms. The number of nitrogens with one attached hydrogen (secondary N) is 1. The molecule has 3 aromatic rings. The summed E-state index contributed by atoms with van der Waals surface area (Å²) in [5.74, 6) is 0. The van der Waals surface area contributed by atoms with E-state index in [1.165, 1.54) is 0 Å². The van der Waals surface area contributed by atoms with E-state index in [2.05, 4.69) is 21.2 Å². The van der Waals surface area contributed by atoms with Crippen LogP contribution in [0, 0.1) is 10.1 Å². The molecule has 3 rings (SSSR count). The molecule has 0 saturated carbocycles. The minimum absolute atomic E-state index is 0.172. The molecule has 116 valence electrons. The van der Waals surface area contributed by atoms with Gasteiger partial charge in [0, 0.05) is 20.5 Å². The van der Waals surface area contributed by atoms with E-state index < -0.39 is 0 Å². The van der Waals surface area contributed by atoms with Crippen LogP contribution < -0.4 is 5.32 Å². The van der Waals surface area contributed by atoms with Gasteiger partial charge in [-0.1, -0.05) is 70.5 Å². The third-order valence-corrected chi connectivity index (χ3v) is 4.43. The van der Waals surface area contributed by atoms with Gasteiger partial charge in [-0.3, -0.25) is 10.1 Å². The van der Waals surface area contributed by atoms with Crippen molar-refractivity contribution < 1.29 is 4.92 Å². The number of benzene rings is 3. The average Bonchev–Trinajstić information content (AvgIpc) is 2.57. The quantitative estimate of drug-likeness (QED) is 0.505. The summed E-state index contributed by atoms with van der Waals surface area (Å²) < 4.78 is 1.00. The predicted octanol–water partition coefficient (Wildman–Crippen LogP) is 5.03. The van der Waals surface area contributed by atoms with Crippen LogP contribution in [-0.2, 0) is 0 Å². The van der Waals surface area contributed by atoms with Crippen molar-refractivity contribution in [1.29, 1.82) is 0 Å². The average molecular weight is 371 g/mol. The van der Waals surface area contributed by atoms with Crippen LogP contribution in [-0.4, -0.2) is 11.5 Å². The van der Waals surface area contributed by atoms with Gasteiger partial charge in [-0.2, -0.15) is 0 Å². The molecule has 0 saturated heterocycles. The second-order valence-electron chi connectivity index (χ2n) is 5.26. The van der Waals surface area contributed by atoms with Crippen molar-refractivity contribution in [1.82, 2.24) is 0 Å². The molecule has 1 atom stereocenters. The zero-order chi connectivity index (χ0) is 16.2. The number of hydrogen-bond acceptors (Lipinski definition) is 3. The Hall–Kier alpha value is -2.40. The third-order valence-electron chi connectivity index (χ3n) is 3.73. The van der Waals surface area contributed by atoms with Crippen molar-refractivity contribution in [3.05, 3.63) is 86.9 Å². The van der Waals surface area contributed by atoms with Crippen LogP contribution in [0.25, 0.3) is 10.8 Å². The van der Waals surface area contributed by atoms with Crippen LogP contribution in [0.4, 0.5) is 5.69 Å². The van der Waals surface area contributed by atoms with Gasteiger partial charge in [0.25, 0.3) is 0 Å². The first-order valence-electron chi connectivity index (χ1n) is 7.25. The molecule has 0 aliphatic heterocycles. The zero-order valence-corrected chi connectivity index (χ0v) is 13.9. The number of nitrogens with zero attached hydrogens (tertiary/aromatic N) is 1. The van der Waals surface area contributed by atoms with Gasteiger partial charge in [-0.15, -0.1) is 0 Å². The maximum Gasteiger partial charge on any atom is 0.227 e. The monoisotopic (exact) mass is 370 g/mol. The van der Waals surface area contributed by atoms with Crippen LogP contribution in [0.1, 0.15) is 11.6 Å². The van der Waals surface area contributed by atoms with E-state index in [-0.39, 0.29) is 17.5 Å². The molecule has 0 aliphatic rings. The van der Waals surface area contributed by atoms with Crippen molar-refractivity contribution >= 4 is 32.4 Å². The van der Waals surface area contributed by atoms with Crippen molar-refractivity contribution in [3.63, 3.8) is 0 Å². The minimum atomic E-state index is -0.379. The van der Waals surface area contributed by atoms with Crippen LogP contribution in [0.15, 0.2) is 71.2 Å². The van der Waals surface area contributed by atoms with E-state index in [4.69, 9.17) is 0 Å². The summed E-state index contributed by atoms with van der Waals surface area (Å²) >= 11 is 3.55. The molecule has 4 nitrogen and oxygen atoms in total. The lowest BCUT2D eigenvalue weighted by atomic mass is 10.0. The lowest BCUT2D eigenvalue weighted by molar-refractivity contribution is -0.482. The highest BCUT2D eigenvalue weighted by Crippen LogP contribution is 2.32. The second-order valence-corrected chi connectivity index (χ2v) is 6.12. The zero-order valence-electron chi connectivity index (χ0n) is 12.3. The SMILES string of the molecule is O=[N+]([O-])CC(Nc1ccc(Br)c2ccccc12)c1ccccc1. The van der Waals surface area contributed by atoms with Crippen LogP contribution in [0.2, 0.25) is 0 Å². The van der Waals surface area contributed by atoms with Gasteiger partial charge in [-0.25, -0.2) is 0 Å². The lowest BCUT2D eigenvalue weighted by Gasteiger charge is -2.18. The van der Waals surface area contributed by atoms with Gasteiger partial charge in [0.1, 0.15) is 6.04 Å². The summed E-state index contributed by atoms with van der Waals surface area (Å²) in [6.07, 6.45) is 0. The maximum absolute atomic E-state index is 11.0. The highest BCUT2D eigenvalue weighted by Gasteiger charge is 2.18. The van der Waals surface area contributed by atoms with Gasteiger partial charge in [0.15, 0.2) is 0 Å². The Morgan fingerprint density at radius 2 is 1.61 bits per heavy atom. The van der Waals surface area contributed by atoms with E-state index in [9.17, 15) is 10.1 Å². The van der Waals surface area contributed by atoms with Crippen LogP contribution in [0.5, 0.6) is 0 Å². The van der Waals surface area contributed by atoms with Gasteiger partial charge in [-0.05, 0) is 23.1 Å². The van der Waals surface area contributed by atoms with Gasteiger partial charge >= 0.3 is 0 Å². The molecular formula is C18H15BrN2O2. The van der Waals surface area contributed by atoms with Crippen LogP contribution >= 0.6 is 15.9 Å². The first-order valence-corrected chi connectivity index (χ1v) is 8.05. The molecule has 0 aliphatic carbocycles. The standard InChI is InChI=1S/C18H15BrN2O2/c19-16-10-11-17(15-9-5-4-8-14(15)16)20-18(12-21(22)23)13-6-2-1-3-7-13/h1-11,18,20H,12H2. The van der Waals surface area contributed by atoms with Gasteiger partial charge in [0.2, 0.25) is 6.54 Å². The summed E-state index contributed by atoms with van der Waals surface area (Å²) in [4.78, 5) is 10.8. The number of fused-ring (bicyclic) bond motifs is 1. The molecule has 3 aromatic carbocycles. The number of rotatable bonds is 5. The van der Waals surface area contributed by atoms with Gasteiger partial charge < -0.3 is 5.32 Å². The van der Waals surface area contributed by atoms with E-state index in [1.807, 2.05) is 66.7 Å². The summed E-state index contributed by atoms with van der Waals surface area (Å²) in [7, 11) is 0. The molecule has 1 unspecified atom stereocenters. The molecule has 5 heteroatoms. The summed E-state index contributed by atoms with van der Waals surface area (Å²) in [5.41, 5.74) is 1.79. The molecular weight excluding hydrogens is 356 g/mol. The molecule has 1 N–H and O–H groups in total. The Balaban J connectivity index is 2.01. The first kappa shape index (κ1) is 15.5.